The number of phenols is 2. The van der Waals surface area contributed by atoms with E-state index in [1.165, 1.54) is 19.1 Å². The molecule has 0 saturated carbocycles. The van der Waals surface area contributed by atoms with Crippen LogP contribution in [-0.4, -0.2) is 38.2 Å². The Morgan fingerprint density at radius 3 is 2.11 bits per heavy atom. The summed E-state index contributed by atoms with van der Waals surface area (Å²) in [4.78, 5) is 37.7. The summed E-state index contributed by atoms with van der Waals surface area (Å²) < 4.78 is 0. The van der Waals surface area contributed by atoms with Crippen molar-refractivity contribution in [1.29, 1.82) is 0 Å². The van der Waals surface area contributed by atoms with Crippen molar-refractivity contribution < 1.29 is 29.7 Å². The first-order valence-corrected chi connectivity index (χ1v) is 8.44. The van der Waals surface area contributed by atoms with Crippen molar-refractivity contribution in [3.05, 3.63) is 57.6 Å². The number of benzene rings is 2. The van der Waals surface area contributed by atoms with Crippen LogP contribution >= 0.6 is 0 Å². The summed E-state index contributed by atoms with van der Waals surface area (Å²) in [5.74, 6) is -2.69. The molecule has 1 unspecified atom stereocenters. The lowest BCUT2D eigenvalue weighted by Gasteiger charge is -2.37. The monoisotopic (exact) mass is 367 g/mol. The number of hydrogen-bond acceptors (Lipinski definition) is 7. The number of aliphatic hydroxyl groups is 1. The Labute approximate surface area is 154 Å². The molecule has 0 aromatic heterocycles. The average Bonchev–Trinajstić information content (AvgIpc) is 2.62. The number of phenolic OH excluding ortho intramolecular Hbond substituents is 2. The van der Waals surface area contributed by atoms with Gasteiger partial charge in [-0.05, 0) is 6.92 Å². The van der Waals surface area contributed by atoms with Crippen LogP contribution in [0.25, 0.3) is 0 Å². The lowest BCUT2D eigenvalue weighted by molar-refractivity contribution is -0.123. The zero-order chi connectivity index (χ0) is 19.7. The van der Waals surface area contributed by atoms with Gasteiger partial charge in [0.25, 0.3) is 0 Å². The predicted octanol–water partition coefficient (Wildman–Crippen LogP) is 1.14. The van der Waals surface area contributed by atoms with Gasteiger partial charge in [-0.3, -0.25) is 14.4 Å². The molecule has 0 heterocycles. The number of hydrogen-bond donors (Lipinski definition) is 4. The standard InChI is InChI=1S/C20H17NO6/c1-8(22)20(21)6-11-13(12(23)7-20)19(27)15-14(18(11)26)16(24)9-4-2-3-5-10(9)17(15)25/h2-5,12,23,26-27H,6-7,21H2,1H3/t12?,20-/m0/s1. The minimum absolute atomic E-state index is 0.0169. The number of carbonyl (C=O) groups excluding carboxylic acids is 3. The minimum atomic E-state index is -1.44. The number of ketones is 3. The van der Waals surface area contributed by atoms with Crippen molar-refractivity contribution in [3.63, 3.8) is 0 Å². The Kier molecular flexibility index (Phi) is 3.53. The van der Waals surface area contributed by atoms with Crippen LogP contribution < -0.4 is 5.73 Å². The van der Waals surface area contributed by atoms with E-state index in [0.717, 1.165) is 0 Å². The fraction of sp³-hybridized carbons (Fsp3) is 0.250. The van der Waals surface area contributed by atoms with E-state index in [9.17, 15) is 29.7 Å². The highest BCUT2D eigenvalue weighted by molar-refractivity contribution is 6.30. The summed E-state index contributed by atoms with van der Waals surface area (Å²) in [6, 6.07) is 6.11. The quantitative estimate of drug-likeness (QED) is 0.473. The third kappa shape index (κ3) is 2.19. The molecule has 0 bridgehead atoms. The molecule has 2 aromatic carbocycles. The van der Waals surface area contributed by atoms with Crippen molar-refractivity contribution in [2.75, 3.05) is 0 Å². The van der Waals surface area contributed by atoms with Crippen LogP contribution in [0.3, 0.4) is 0 Å². The number of fused-ring (bicyclic) bond motifs is 3. The first kappa shape index (κ1) is 17.4. The van der Waals surface area contributed by atoms with Gasteiger partial charge in [0.2, 0.25) is 0 Å². The maximum Gasteiger partial charge on any atom is 0.198 e. The summed E-state index contributed by atoms with van der Waals surface area (Å²) in [7, 11) is 0. The second-order valence-corrected chi connectivity index (χ2v) is 7.15. The second kappa shape index (κ2) is 5.48. The molecular weight excluding hydrogens is 350 g/mol. The van der Waals surface area contributed by atoms with Gasteiger partial charge in [0, 0.05) is 35.1 Å². The molecule has 7 heteroatoms. The lowest BCUT2D eigenvalue weighted by Crippen LogP contribution is -2.52. The van der Waals surface area contributed by atoms with Crippen LogP contribution in [0.1, 0.15) is 62.4 Å². The van der Waals surface area contributed by atoms with Crippen molar-refractivity contribution in [1.82, 2.24) is 0 Å². The molecule has 0 aliphatic heterocycles. The fourth-order valence-corrected chi connectivity index (χ4v) is 4.02. The molecular formula is C20H17NO6. The zero-order valence-corrected chi connectivity index (χ0v) is 14.4. The van der Waals surface area contributed by atoms with E-state index in [1.807, 2.05) is 0 Å². The Morgan fingerprint density at radius 1 is 1.07 bits per heavy atom. The van der Waals surface area contributed by atoms with E-state index in [0.29, 0.717) is 0 Å². The average molecular weight is 367 g/mol. The number of aliphatic hydroxyl groups excluding tert-OH is 1. The highest BCUT2D eigenvalue weighted by atomic mass is 16.3. The molecule has 0 radical (unpaired) electrons. The van der Waals surface area contributed by atoms with Crippen LogP contribution in [0.15, 0.2) is 24.3 Å². The largest absolute Gasteiger partial charge is 0.507 e. The Hall–Kier alpha value is -3.03. The summed E-state index contributed by atoms with van der Waals surface area (Å²) in [6.45, 7) is 1.28. The molecule has 4 rings (SSSR count). The molecule has 0 fully saturated rings. The van der Waals surface area contributed by atoms with Crippen molar-refractivity contribution in [2.45, 2.75) is 31.4 Å². The molecule has 2 atom stereocenters. The maximum atomic E-state index is 12.9. The fourth-order valence-electron chi connectivity index (χ4n) is 4.02. The molecule has 0 saturated heterocycles. The molecule has 2 aliphatic rings. The third-order valence-corrected chi connectivity index (χ3v) is 5.54. The first-order chi connectivity index (χ1) is 12.7. The second-order valence-electron chi connectivity index (χ2n) is 7.15. The van der Waals surface area contributed by atoms with Crippen molar-refractivity contribution in [3.8, 4) is 11.5 Å². The van der Waals surface area contributed by atoms with Gasteiger partial charge in [0.15, 0.2) is 11.6 Å². The van der Waals surface area contributed by atoms with Crippen LogP contribution in [-0.2, 0) is 11.2 Å². The van der Waals surface area contributed by atoms with E-state index < -0.39 is 40.5 Å². The number of carbonyl (C=O) groups is 3. The molecule has 0 amide bonds. The number of aromatic hydroxyl groups is 2. The van der Waals surface area contributed by atoms with Gasteiger partial charge < -0.3 is 21.1 Å². The van der Waals surface area contributed by atoms with E-state index in [1.54, 1.807) is 12.1 Å². The topological polar surface area (TPSA) is 138 Å². The third-order valence-electron chi connectivity index (χ3n) is 5.54. The van der Waals surface area contributed by atoms with Gasteiger partial charge in [-0.2, -0.15) is 0 Å². The van der Waals surface area contributed by atoms with Crippen LogP contribution in [0.5, 0.6) is 11.5 Å². The van der Waals surface area contributed by atoms with Gasteiger partial charge >= 0.3 is 0 Å². The van der Waals surface area contributed by atoms with E-state index in [-0.39, 0.29) is 46.2 Å². The zero-order valence-electron chi connectivity index (χ0n) is 14.4. The van der Waals surface area contributed by atoms with E-state index in [2.05, 4.69) is 0 Å². The normalized spacial score (nSPS) is 23.4. The Balaban J connectivity index is 2.04. The van der Waals surface area contributed by atoms with Crippen LogP contribution in [0.4, 0.5) is 0 Å². The van der Waals surface area contributed by atoms with Crippen molar-refractivity contribution in [2.24, 2.45) is 5.73 Å². The van der Waals surface area contributed by atoms with Crippen molar-refractivity contribution >= 4 is 17.3 Å². The van der Waals surface area contributed by atoms with Gasteiger partial charge in [-0.25, -0.2) is 0 Å². The molecule has 5 N–H and O–H groups in total. The van der Waals surface area contributed by atoms with Crippen LogP contribution in [0, 0.1) is 0 Å². The molecule has 0 spiro atoms. The van der Waals surface area contributed by atoms with Gasteiger partial charge in [0.05, 0.1) is 22.8 Å². The summed E-state index contributed by atoms with van der Waals surface area (Å²) >= 11 is 0. The molecule has 2 aliphatic carbocycles. The Bertz CT molecular complexity index is 1060. The lowest BCUT2D eigenvalue weighted by atomic mass is 9.71. The highest BCUT2D eigenvalue weighted by Gasteiger charge is 2.45. The first-order valence-electron chi connectivity index (χ1n) is 8.44. The maximum absolute atomic E-state index is 12.9. The summed E-state index contributed by atoms with van der Waals surface area (Å²) in [5, 5.41) is 32.0. The van der Waals surface area contributed by atoms with E-state index in [4.69, 9.17) is 5.73 Å². The molecule has 2 aromatic rings. The number of rotatable bonds is 1. The molecule has 7 nitrogen and oxygen atoms in total. The SMILES string of the molecule is CC(=O)[C@]1(N)Cc2c(O)c3c(c(O)c2C(O)C1)C(=O)c1ccccc1C3=O. The Morgan fingerprint density at radius 2 is 1.59 bits per heavy atom. The minimum Gasteiger partial charge on any atom is -0.507 e. The summed E-state index contributed by atoms with van der Waals surface area (Å²) in [6.07, 6.45) is -1.69. The summed E-state index contributed by atoms with van der Waals surface area (Å²) in [5.41, 5.74) is 4.18. The van der Waals surface area contributed by atoms with Crippen LogP contribution in [0.2, 0.25) is 0 Å². The highest BCUT2D eigenvalue weighted by Crippen LogP contribution is 2.49. The van der Waals surface area contributed by atoms with E-state index >= 15 is 0 Å². The number of nitrogens with two attached hydrogens (primary N) is 1. The number of Topliss-reactive ketones (excluding diaryl/α,β-unsaturated/α-hetero) is 1. The van der Waals surface area contributed by atoms with Gasteiger partial charge in [0.1, 0.15) is 17.3 Å². The molecule has 138 valence electrons. The van der Waals surface area contributed by atoms with Gasteiger partial charge in [-0.1, -0.05) is 24.3 Å². The predicted molar refractivity (Wildman–Crippen MR) is 94.0 cm³/mol. The van der Waals surface area contributed by atoms with Gasteiger partial charge in [-0.15, -0.1) is 0 Å². The smallest absolute Gasteiger partial charge is 0.198 e. The molecule has 27 heavy (non-hydrogen) atoms.